The minimum absolute atomic E-state index is 0.119. The second-order valence-corrected chi connectivity index (χ2v) is 7.28. The second kappa shape index (κ2) is 8.28. The highest BCUT2D eigenvalue weighted by molar-refractivity contribution is 5.70. The Morgan fingerprint density at radius 1 is 1.09 bits per heavy atom. The monoisotopic (exact) mass is 422 g/mol. The SMILES string of the molecule is CC(Cn1cnnn1)Oc1cccc(-c2ccc3ncc(-c4ccccc4C#N)n3n2)c1. The fourth-order valence-electron chi connectivity index (χ4n) is 3.54. The molecule has 0 saturated carbocycles. The van der Waals surface area contributed by atoms with E-state index in [0.717, 1.165) is 28.3 Å². The lowest BCUT2D eigenvalue weighted by Gasteiger charge is -2.15. The molecule has 0 bridgehead atoms. The first-order chi connectivity index (χ1) is 15.7. The number of hydrogen-bond donors (Lipinski definition) is 0. The van der Waals surface area contributed by atoms with Gasteiger partial charge in [-0.15, -0.1) is 5.10 Å². The Bertz CT molecular complexity index is 1420. The lowest BCUT2D eigenvalue weighted by Crippen LogP contribution is -2.20. The third-order valence-corrected chi connectivity index (χ3v) is 4.99. The predicted octanol–water partition coefficient (Wildman–Crippen LogP) is 3.39. The fourth-order valence-corrected chi connectivity index (χ4v) is 3.54. The van der Waals surface area contributed by atoms with Crippen molar-refractivity contribution in [1.29, 1.82) is 5.26 Å². The first-order valence-electron chi connectivity index (χ1n) is 10.0. The van der Waals surface area contributed by atoms with E-state index in [4.69, 9.17) is 9.84 Å². The van der Waals surface area contributed by atoms with Crippen molar-refractivity contribution in [2.45, 2.75) is 19.6 Å². The molecule has 156 valence electrons. The Labute approximate surface area is 183 Å². The van der Waals surface area contributed by atoms with Gasteiger partial charge in [0.05, 0.1) is 35.8 Å². The van der Waals surface area contributed by atoms with Crippen LogP contribution in [0.15, 0.2) is 73.2 Å². The maximum absolute atomic E-state index is 9.48. The topological polar surface area (TPSA) is 107 Å². The van der Waals surface area contributed by atoms with Crippen molar-refractivity contribution in [3.63, 3.8) is 0 Å². The molecule has 0 spiro atoms. The summed E-state index contributed by atoms with van der Waals surface area (Å²) in [5.41, 5.74) is 4.52. The van der Waals surface area contributed by atoms with Crippen molar-refractivity contribution >= 4 is 5.65 Å². The van der Waals surface area contributed by atoms with E-state index in [2.05, 4.69) is 26.6 Å². The summed E-state index contributed by atoms with van der Waals surface area (Å²) in [5, 5.41) is 25.4. The molecule has 5 rings (SSSR count). The number of rotatable bonds is 6. The maximum Gasteiger partial charge on any atom is 0.154 e. The van der Waals surface area contributed by atoms with Gasteiger partial charge in [0, 0.05) is 11.1 Å². The first-order valence-corrected chi connectivity index (χ1v) is 10.0. The summed E-state index contributed by atoms with van der Waals surface area (Å²) < 4.78 is 9.44. The van der Waals surface area contributed by atoms with E-state index in [-0.39, 0.29) is 6.10 Å². The zero-order valence-corrected chi connectivity index (χ0v) is 17.2. The molecule has 3 aromatic heterocycles. The largest absolute Gasteiger partial charge is 0.489 e. The minimum atomic E-state index is -0.119. The summed E-state index contributed by atoms with van der Waals surface area (Å²) >= 11 is 0. The third-order valence-electron chi connectivity index (χ3n) is 4.99. The summed E-state index contributed by atoms with van der Waals surface area (Å²) in [4.78, 5) is 4.45. The van der Waals surface area contributed by atoms with Gasteiger partial charge in [0.1, 0.15) is 18.2 Å². The van der Waals surface area contributed by atoms with E-state index in [9.17, 15) is 5.26 Å². The molecular formula is C23H18N8O. The van der Waals surface area contributed by atoms with Crippen LogP contribution in [0.3, 0.4) is 0 Å². The molecule has 1 unspecified atom stereocenters. The average Bonchev–Trinajstić information content (AvgIpc) is 3.48. The van der Waals surface area contributed by atoms with Crippen LogP contribution in [0.1, 0.15) is 12.5 Å². The number of benzene rings is 2. The molecule has 2 aromatic carbocycles. The van der Waals surface area contributed by atoms with Crippen LogP contribution in [-0.2, 0) is 6.54 Å². The van der Waals surface area contributed by atoms with Crippen LogP contribution < -0.4 is 4.74 Å². The van der Waals surface area contributed by atoms with Gasteiger partial charge in [0.2, 0.25) is 0 Å². The number of fused-ring (bicyclic) bond motifs is 1. The number of tetrazole rings is 1. The van der Waals surface area contributed by atoms with Crippen LogP contribution in [-0.4, -0.2) is 40.9 Å². The van der Waals surface area contributed by atoms with Crippen LogP contribution >= 0.6 is 0 Å². The number of imidazole rings is 1. The Hall–Kier alpha value is -4.58. The van der Waals surface area contributed by atoms with Crippen LogP contribution in [0.25, 0.3) is 28.2 Å². The summed E-state index contributed by atoms with van der Waals surface area (Å²) in [5.74, 6) is 0.727. The number of hydrogen-bond acceptors (Lipinski definition) is 7. The summed E-state index contributed by atoms with van der Waals surface area (Å²) in [6, 6.07) is 21.3. The lowest BCUT2D eigenvalue weighted by atomic mass is 10.1. The molecule has 0 radical (unpaired) electrons. The normalized spacial score (nSPS) is 11.9. The Morgan fingerprint density at radius 2 is 2.00 bits per heavy atom. The van der Waals surface area contributed by atoms with Crippen LogP contribution in [0.4, 0.5) is 0 Å². The van der Waals surface area contributed by atoms with Gasteiger partial charge in [-0.3, -0.25) is 0 Å². The number of aromatic nitrogens is 7. The van der Waals surface area contributed by atoms with Gasteiger partial charge in [-0.2, -0.15) is 10.4 Å². The maximum atomic E-state index is 9.48. The van der Waals surface area contributed by atoms with Crippen molar-refractivity contribution in [2.75, 3.05) is 0 Å². The standard InChI is InChI=1S/C23H18N8O/c1-16(14-30-15-26-28-29-30)32-19-7-4-6-17(11-19)21-9-10-23-25-13-22(31(23)27-21)20-8-3-2-5-18(20)12-24/h2-11,13,15-16H,14H2,1H3. The molecule has 0 aliphatic heterocycles. The first kappa shape index (κ1) is 19.4. The summed E-state index contributed by atoms with van der Waals surface area (Å²) in [6.45, 7) is 2.50. The molecule has 9 heteroatoms. The van der Waals surface area contributed by atoms with Crippen LogP contribution in [0, 0.1) is 11.3 Å². The Kier molecular flexibility index (Phi) is 5.01. The van der Waals surface area contributed by atoms with Gasteiger partial charge in [-0.1, -0.05) is 30.3 Å². The van der Waals surface area contributed by atoms with Crippen molar-refractivity contribution in [2.24, 2.45) is 0 Å². The number of ether oxygens (including phenoxy) is 1. The van der Waals surface area contributed by atoms with E-state index in [0.29, 0.717) is 17.8 Å². The van der Waals surface area contributed by atoms with Crippen LogP contribution in [0.2, 0.25) is 0 Å². The van der Waals surface area contributed by atoms with E-state index >= 15 is 0 Å². The molecule has 0 fully saturated rings. The quantitative estimate of drug-likeness (QED) is 0.413. The molecule has 0 saturated heterocycles. The van der Waals surface area contributed by atoms with Crippen molar-refractivity contribution < 1.29 is 4.74 Å². The molecular weight excluding hydrogens is 404 g/mol. The van der Waals surface area contributed by atoms with Gasteiger partial charge < -0.3 is 4.74 Å². The molecule has 32 heavy (non-hydrogen) atoms. The smallest absolute Gasteiger partial charge is 0.154 e. The molecule has 0 amide bonds. The fraction of sp³-hybridized carbons (Fsp3) is 0.130. The Balaban J connectivity index is 1.46. The molecule has 5 aromatic rings. The second-order valence-electron chi connectivity index (χ2n) is 7.28. The van der Waals surface area contributed by atoms with Crippen molar-refractivity contribution in [3.05, 3.63) is 78.8 Å². The highest BCUT2D eigenvalue weighted by Gasteiger charge is 2.13. The van der Waals surface area contributed by atoms with E-state index < -0.39 is 0 Å². The van der Waals surface area contributed by atoms with Crippen molar-refractivity contribution in [1.82, 2.24) is 34.8 Å². The zero-order chi connectivity index (χ0) is 21.9. The van der Waals surface area contributed by atoms with E-state index in [1.54, 1.807) is 27.8 Å². The van der Waals surface area contributed by atoms with Gasteiger partial charge in [0.15, 0.2) is 5.65 Å². The minimum Gasteiger partial charge on any atom is -0.489 e. The van der Waals surface area contributed by atoms with Gasteiger partial charge in [0.25, 0.3) is 0 Å². The summed E-state index contributed by atoms with van der Waals surface area (Å²) in [7, 11) is 0. The van der Waals surface area contributed by atoms with Gasteiger partial charge >= 0.3 is 0 Å². The third kappa shape index (κ3) is 3.77. The molecule has 1 atom stereocenters. The van der Waals surface area contributed by atoms with Crippen LogP contribution in [0.5, 0.6) is 5.75 Å². The van der Waals surface area contributed by atoms with E-state index in [1.165, 1.54) is 0 Å². The highest BCUT2D eigenvalue weighted by atomic mass is 16.5. The number of nitriles is 1. The molecule has 0 N–H and O–H groups in total. The lowest BCUT2D eigenvalue weighted by molar-refractivity contribution is 0.193. The molecule has 9 nitrogen and oxygen atoms in total. The molecule has 0 aliphatic carbocycles. The average molecular weight is 422 g/mol. The Morgan fingerprint density at radius 3 is 2.84 bits per heavy atom. The molecule has 0 aliphatic rings. The summed E-state index contributed by atoms with van der Waals surface area (Å²) in [6.07, 6.45) is 3.18. The highest BCUT2D eigenvalue weighted by Crippen LogP contribution is 2.27. The van der Waals surface area contributed by atoms with Crippen molar-refractivity contribution in [3.8, 4) is 34.3 Å². The number of nitrogens with zero attached hydrogens (tertiary/aromatic N) is 8. The van der Waals surface area contributed by atoms with E-state index in [1.807, 2.05) is 61.5 Å². The zero-order valence-electron chi connectivity index (χ0n) is 17.2. The molecule has 3 heterocycles. The van der Waals surface area contributed by atoms with Gasteiger partial charge in [-0.25, -0.2) is 14.2 Å². The predicted molar refractivity (Wildman–Crippen MR) is 116 cm³/mol. The van der Waals surface area contributed by atoms with Gasteiger partial charge in [-0.05, 0) is 47.7 Å².